The number of hydrogen-bond acceptors (Lipinski definition) is 4. The minimum atomic E-state index is -1.12. The molecule has 0 saturated heterocycles. The van der Waals surface area contributed by atoms with Crippen molar-refractivity contribution in [2.75, 3.05) is 0 Å². The minimum Gasteiger partial charge on any atom is -0.477 e. The van der Waals surface area contributed by atoms with Gasteiger partial charge in [-0.2, -0.15) is 10.4 Å². The molecule has 0 saturated carbocycles. The van der Waals surface area contributed by atoms with Gasteiger partial charge in [-0.05, 0) is 6.07 Å². The zero-order valence-electron chi connectivity index (χ0n) is 10.3. The minimum absolute atomic E-state index is 0.0792. The fraction of sp³-hybridized carbons (Fsp3) is 0.333. The van der Waals surface area contributed by atoms with Crippen LogP contribution in [0.1, 0.15) is 42.5 Å². The van der Waals surface area contributed by atoms with E-state index in [-0.39, 0.29) is 22.3 Å². The predicted molar refractivity (Wildman–Crippen MR) is 63.4 cm³/mol. The molecule has 0 aliphatic carbocycles. The maximum atomic E-state index is 11.1. The van der Waals surface area contributed by atoms with Crippen LogP contribution in [-0.4, -0.2) is 25.7 Å². The van der Waals surface area contributed by atoms with E-state index in [9.17, 15) is 4.79 Å². The van der Waals surface area contributed by atoms with Crippen molar-refractivity contribution in [3.63, 3.8) is 0 Å². The quantitative estimate of drug-likeness (QED) is 0.822. The van der Waals surface area contributed by atoms with E-state index in [2.05, 4.69) is 10.1 Å². The standard InChI is InChI=1S/C12H12N4O2/c1-12(2,3)9-4-8(11(17)18)15-10-7(5-13)6-14-16(9)10/h4,6H,1-3H3,(H,17,18). The number of nitrogens with zero attached hydrogens (tertiary/aromatic N) is 4. The van der Waals surface area contributed by atoms with E-state index in [0.717, 1.165) is 0 Å². The molecule has 0 aliphatic rings. The maximum Gasteiger partial charge on any atom is 0.354 e. The first kappa shape index (κ1) is 12.0. The van der Waals surface area contributed by atoms with Crippen molar-refractivity contribution in [1.82, 2.24) is 14.6 Å². The normalized spacial score (nSPS) is 11.4. The summed E-state index contributed by atoms with van der Waals surface area (Å²) in [5.74, 6) is -1.12. The van der Waals surface area contributed by atoms with E-state index in [1.165, 1.54) is 16.8 Å². The summed E-state index contributed by atoms with van der Waals surface area (Å²) in [5, 5.41) is 22.1. The molecule has 0 amide bonds. The van der Waals surface area contributed by atoms with Crippen molar-refractivity contribution in [2.24, 2.45) is 0 Å². The van der Waals surface area contributed by atoms with Crippen LogP contribution < -0.4 is 0 Å². The zero-order valence-corrected chi connectivity index (χ0v) is 10.3. The van der Waals surface area contributed by atoms with E-state index >= 15 is 0 Å². The number of aromatic nitrogens is 3. The molecule has 0 aliphatic heterocycles. The highest BCUT2D eigenvalue weighted by atomic mass is 16.4. The summed E-state index contributed by atoms with van der Waals surface area (Å²) in [6, 6.07) is 3.45. The predicted octanol–water partition coefficient (Wildman–Crippen LogP) is 1.60. The van der Waals surface area contributed by atoms with E-state index in [1.807, 2.05) is 26.8 Å². The van der Waals surface area contributed by atoms with Gasteiger partial charge in [0.2, 0.25) is 0 Å². The topological polar surface area (TPSA) is 91.3 Å². The van der Waals surface area contributed by atoms with E-state index in [1.54, 1.807) is 0 Å². The summed E-state index contributed by atoms with van der Waals surface area (Å²) >= 11 is 0. The summed E-state index contributed by atoms with van der Waals surface area (Å²) in [4.78, 5) is 15.0. The fourth-order valence-corrected chi connectivity index (χ4v) is 1.69. The zero-order chi connectivity index (χ0) is 13.5. The summed E-state index contributed by atoms with van der Waals surface area (Å²) < 4.78 is 1.52. The Hall–Kier alpha value is -2.42. The number of nitriles is 1. The Morgan fingerprint density at radius 2 is 2.17 bits per heavy atom. The van der Waals surface area contributed by atoms with Crippen molar-refractivity contribution in [1.29, 1.82) is 5.26 Å². The number of carboxylic acids is 1. The number of carboxylic acid groups (broad SMARTS) is 1. The van der Waals surface area contributed by atoms with Gasteiger partial charge >= 0.3 is 5.97 Å². The van der Waals surface area contributed by atoms with Gasteiger partial charge in [0.15, 0.2) is 11.3 Å². The maximum absolute atomic E-state index is 11.1. The monoisotopic (exact) mass is 244 g/mol. The second-order valence-electron chi connectivity index (χ2n) is 4.99. The first-order valence-electron chi connectivity index (χ1n) is 5.37. The Morgan fingerprint density at radius 3 is 2.67 bits per heavy atom. The van der Waals surface area contributed by atoms with Gasteiger partial charge < -0.3 is 5.11 Å². The smallest absolute Gasteiger partial charge is 0.354 e. The number of hydrogen-bond donors (Lipinski definition) is 1. The van der Waals surface area contributed by atoms with Crippen molar-refractivity contribution in [3.8, 4) is 6.07 Å². The lowest BCUT2D eigenvalue weighted by Crippen LogP contribution is -2.19. The number of rotatable bonds is 1. The number of aromatic carboxylic acids is 1. The number of fused-ring (bicyclic) bond motifs is 1. The Kier molecular flexibility index (Phi) is 2.55. The van der Waals surface area contributed by atoms with Crippen LogP contribution in [0.3, 0.4) is 0 Å². The van der Waals surface area contributed by atoms with E-state index < -0.39 is 5.97 Å². The highest BCUT2D eigenvalue weighted by molar-refractivity contribution is 5.86. The van der Waals surface area contributed by atoms with Crippen LogP contribution in [0.15, 0.2) is 12.3 Å². The molecule has 1 N–H and O–H groups in total. The molecule has 2 aromatic rings. The Bertz CT molecular complexity index is 674. The first-order chi connectivity index (χ1) is 8.34. The molecule has 2 heterocycles. The third kappa shape index (κ3) is 1.80. The molecule has 0 atom stereocenters. The van der Waals surface area contributed by atoms with Gasteiger partial charge in [0.1, 0.15) is 11.6 Å². The fourth-order valence-electron chi connectivity index (χ4n) is 1.69. The molecule has 18 heavy (non-hydrogen) atoms. The van der Waals surface area contributed by atoms with Crippen LogP contribution in [0, 0.1) is 11.3 Å². The molecule has 0 aromatic carbocycles. The van der Waals surface area contributed by atoms with Crippen LogP contribution >= 0.6 is 0 Å². The second-order valence-corrected chi connectivity index (χ2v) is 4.99. The summed E-state index contributed by atoms with van der Waals surface area (Å²) in [7, 11) is 0. The van der Waals surface area contributed by atoms with Crippen LogP contribution in [0.5, 0.6) is 0 Å². The molecule has 0 fully saturated rings. The van der Waals surface area contributed by atoms with Gasteiger partial charge in [-0.15, -0.1) is 0 Å². The average Bonchev–Trinajstić information content (AvgIpc) is 2.68. The Balaban J connectivity index is 2.89. The lowest BCUT2D eigenvalue weighted by Gasteiger charge is -2.20. The van der Waals surface area contributed by atoms with Crippen LogP contribution in [0.25, 0.3) is 5.65 Å². The molecule has 92 valence electrons. The molecule has 0 unspecified atom stereocenters. The average molecular weight is 244 g/mol. The van der Waals surface area contributed by atoms with Crippen LogP contribution in [0.4, 0.5) is 0 Å². The van der Waals surface area contributed by atoms with E-state index in [4.69, 9.17) is 10.4 Å². The Labute approximate surface area is 103 Å². The van der Waals surface area contributed by atoms with Crippen LogP contribution in [0.2, 0.25) is 0 Å². The van der Waals surface area contributed by atoms with Crippen molar-refractivity contribution >= 4 is 11.6 Å². The third-order valence-electron chi connectivity index (χ3n) is 2.58. The summed E-state index contributed by atoms with van der Waals surface area (Å²) in [6.45, 7) is 5.84. The van der Waals surface area contributed by atoms with Gasteiger partial charge in [0.25, 0.3) is 0 Å². The highest BCUT2D eigenvalue weighted by Gasteiger charge is 2.23. The molecule has 2 rings (SSSR count). The van der Waals surface area contributed by atoms with Crippen molar-refractivity contribution in [3.05, 3.63) is 29.2 Å². The molecular formula is C12H12N4O2. The lowest BCUT2D eigenvalue weighted by atomic mass is 9.91. The van der Waals surface area contributed by atoms with Crippen molar-refractivity contribution in [2.45, 2.75) is 26.2 Å². The van der Waals surface area contributed by atoms with Gasteiger partial charge in [-0.3, -0.25) is 0 Å². The van der Waals surface area contributed by atoms with Gasteiger partial charge in [0, 0.05) is 5.41 Å². The molecule has 0 radical (unpaired) electrons. The highest BCUT2D eigenvalue weighted by Crippen LogP contribution is 2.24. The van der Waals surface area contributed by atoms with Crippen LogP contribution in [-0.2, 0) is 5.41 Å². The molecule has 6 heteroatoms. The SMILES string of the molecule is CC(C)(C)c1cc(C(=O)O)nc2c(C#N)cnn12. The Morgan fingerprint density at radius 1 is 1.50 bits per heavy atom. The second kappa shape index (κ2) is 3.81. The third-order valence-corrected chi connectivity index (χ3v) is 2.58. The molecule has 6 nitrogen and oxygen atoms in total. The number of carbonyl (C=O) groups is 1. The van der Waals surface area contributed by atoms with Gasteiger partial charge in [-0.25, -0.2) is 14.3 Å². The first-order valence-corrected chi connectivity index (χ1v) is 5.37. The summed E-state index contributed by atoms with van der Waals surface area (Å²) in [6.07, 6.45) is 1.39. The van der Waals surface area contributed by atoms with Crippen molar-refractivity contribution < 1.29 is 9.90 Å². The van der Waals surface area contributed by atoms with E-state index in [0.29, 0.717) is 5.69 Å². The molecular weight excluding hydrogens is 232 g/mol. The largest absolute Gasteiger partial charge is 0.477 e. The summed E-state index contributed by atoms with van der Waals surface area (Å²) in [5.41, 5.74) is 0.867. The van der Waals surface area contributed by atoms with Gasteiger partial charge in [0.05, 0.1) is 11.9 Å². The lowest BCUT2D eigenvalue weighted by molar-refractivity contribution is 0.0690. The molecule has 0 bridgehead atoms. The molecule has 2 aromatic heterocycles. The van der Waals surface area contributed by atoms with Gasteiger partial charge in [-0.1, -0.05) is 20.8 Å². The molecule has 0 spiro atoms.